The number of hydrogen-bond donors (Lipinski definition) is 1. The molecule has 1 unspecified atom stereocenters. The fourth-order valence-electron chi connectivity index (χ4n) is 1.66. The Morgan fingerprint density at radius 1 is 1.60 bits per heavy atom. The maximum absolute atomic E-state index is 13.0. The van der Waals surface area contributed by atoms with Crippen molar-refractivity contribution in [3.05, 3.63) is 11.6 Å². The van der Waals surface area contributed by atoms with E-state index in [0.717, 1.165) is 5.57 Å². The van der Waals surface area contributed by atoms with Crippen molar-refractivity contribution in [3.63, 3.8) is 0 Å². The normalized spacial score (nSPS) is 21.4. The average molecular weight is 213 g/mol. The lowest BCUT2D eigenvalue weighted by Crippen LogP contribution is -2.17. The van der Waals surface area contributed by atoms with Gasteiger partial charge in [-0.15, -0.1) is 0 Å². The fraction of sp³-hybridized carbons (Fsp3) is 0.636. The Hall–Kier alpha value is -1.19. The second-order valence-electron chi connectivity index (χ2n) is 3.69. The van der Waals surface area contributed by atoms with Crippen LogP contribution in [-0.2, 0) is 9.59 Å². The first kappa shape index (κ1) is 11.9. The van der Waals surface area contributed by atoms with E-state index in [1.54, 1.807) is 0 Å². The third-order valence-electron chi connectivity index (χ3n) is 2.54. The number of Topliss-reactive ketones (excluding diaryl/α,β-unsaturated/α-hetero) is 1. The molecule has 3 nitrogen and oxygen atoms in total. The van der Waals surface area contributed by atoms with Crippen LogP contribution in [0.5, 0.6) is 0 Å². The van der Waals surface area contributed by atoms with Crippen LogP contribution in [0.15, 0.2) is 11.6 Å². The van der Waals surface area contributed by atoms with Crippen LogP contribution in [0.25, 0.3) is 0 Å². The number of halogens is 1. The molecule has 1 amide bonds. The molecule has 1 aliphatic rings. The van der Waals surface area contributed by atoms with Gasteiger partial charge in [-0.2, -0.15) is 0 Å². The molecule has 0 heterocycles. The number of ketones is 1. The molecule has 0 bridgehead atoms. The first-order chi connectivity index (χ1) is 7.24. The van der Waals surface area contributed by atoms with E-state index in [2.05, 4.69) is 5.32 Å². The summed E-state index contributed by atoms with van der Waals surface area (Å²) in [6.07, 6.45) is 4.07. The first-order valence-electron chi connectivity index (χ1n) is 5.27. The van der Waals surface area contributed by atoms with E-state index in [-0.39, 0.29) is 5.78 Å². The van der Waals surface area contributed by atoms with Gasteiger partial charge in [0.15, 0.2) is 5.78 Å². The van der Waals surface area contributed by atoms with Gasteiger partial charge in [0.1, 0.15) is 6.17 Å². The summed E-state index contributed by atoms with van der Waals surface area (Å²) >= 11 is 0. The standard InChI is InChI=1S/C11H16FNO2/c12-10-3-1-2-9(4-5-10)11(15)6-7-13-8-14/h2,8,10H,1,3-7H2,(H,13,14). The minimum absolute atomic E-state index is 0.0263. The van der Waals surface area contributed by atoms with Crippen LogP contribution in [0.4, 0.5) is 4.39 Å². The number of rotatable bonds is 5. The minimum Gasteiger partial charge on any atom is -0.358 e. The number of allylic oxidation sites excluding steroid dienone is 2. The van der Waals surface area contributed by atoms with Crippen molar-refractivity contribution >= 4 is 12.2 Å². The summed E-state index contributed by atoms with van der Waals surface area (Å²) in [5.41, 5.74) is 0.725. The number of hydrogen-bond acceptors (Lipinski definition) is 2. The summed E-state index contributed by atoms with van der Waals surface area (Å²) in [6, 6.07) is 0. The predicted molar refractivity (Wildman–Crippen MR) is 55.1 cm³/mol. The zero-order chi connectivity index (χ0) is 11.1. The zero-order valence-electron chi connectivity index (χ0n) is 8.67. The van der Waals surface area contributed by atoms with Gasteiger partial charge < -0.3 is 5.32 Å². The van der Waals surface area contributed by atoms with E-state index < -0.39 is 6.17 Å². The molecular weight excluding hydrogens is 197 g/mol. The van der Waals surface area contributed by atoms with E-state index in [0.29, 0.717) is 45.1 Å². The molecule has 0 radical (unpaired) electrons. The van der Waals surface area contributed by atoms with E-state index in [4.69, 9.17) is 0 Å². The van der Waals surface area contributed by atoms with Crippen LogP contribution in [-0.4, -0.2) is 24.9 Å². The molecule has 0 aromatic rings. The second kappa shape index (κ2) is 6.32. The third-order valence-corrected chi connectivity index (χ3v) is 2.54. The van der Waals surface area contributed by atoms with Crippen LogP contribution < -0.4 is 5.32 Å². The Kier molecular flexibility index (Phi) is 5.01. The molecule has 0 aliphatic heterocycles. The molecule has 4 heteroatoms. The van der Waals surface area contributed by atoms with Gasteiger partial charge in [0.25, 0.3) is 0 Å². The van der Waals surface area contributed by atoms with Crippen molar-refractivity contribution in [1.29, 1.82) is 0 Å². The van der Waals surface area contributed by atoms with Gasteiger partial charge in [0.05, 0.1) is 0 Å². The quantitative estimate of drug-likeness (QED) is 0.556. The molecule has 1 aliphatic carbocycles. The number of carbonyl (C=O) groups is 2. The maximum Gasteiger partial charge on any atom is 0.207 e. The van der Waals surface area contributed by atoms with E-state index in [9.17, 15) is 14.0 Å². The van der Waals surface area contributed by atoms with Crippen LogP contribution in [0.3, 0.4) is 0 Å². The fourth-order valence-corrected chi connectivity index (χ4v) is 1.66. The number of alkyl halides is 1. The van der Waals surface area contributed by atoms with Gasteiger partial charge in [0, 0.05) is 13.0 Å². The SMILES string of the molecule is O=CNCCC(=O)C1=CCCC(F)CC1. The Labute approximate surface area is 88.7 Å². The summed E-state index contributed by atoms with van der Waals surface area (Å²) in [4.78, 5) is 21.6. The van der Waals surface area contributed by atoms with Gasteiger partial charge in [-0.05, 0) is 31.3 Å². The topological polar surface area (TPSA) is 46.2 Å². The van der Waals surface area contributed by atoms with Crippen molar-refractivity contribution in [1.82, 2.24) is 5.32 Å². The number of nitrogens with one attached hydrogen (secondary N) is 1. The van der Waals surface area contributed by atoms with E-state index in [1.165, 1.54) is 0 Å². The van der Waals surface area contributed by atoms with Crippen LogP contribution in [0.1, 0.15) is 32.1 Å². The smallest absolute Gasteiger partial charge is 0.207 e. The van der Waals surface area contributed by atoms with E-state index >= 15 is 0 Å². The lowest BCUT2D eigenvalue weighted by Gasteiger charge is -2.04. The van der Waals surface area contributed by atoms with Crippen molar-refractivity contribution in [2.75, 3.05) is 6.54 Å². The molecule has 0 saturated heterocycles. The second-order valence-corrected chi connectivity index (χ2v) is 3.69. The van der Waals surface area contributed by atoms with Crippen molar-refractivity contribution < 1.29 is 14.0 Å². The van der Waals surface area contributed by atoms with E-state index in [1.807, 2.05) is 6.08 Å². The molecule has 1 rings (SSSR count). The maximum atomic E-state index is 13.0. The van der Waals surface area contributed by atoms with Crippen molar-refractivity contribution in [2.24, 2.45) is 0 Å². The molecule has 0 saturated carbocycles. The molecule has 84 valence electrons. The van der Waals surface area contributed by atoms with Crippen molar-refractivity contribution in [2.45, 2.75) is 38.3 Å². The lowest BCUT2D eigenvalue weighted by molar-refractivity contribution is -0.115. The largest absolute Gasteiger partial charge is 0.358 e. The zero-order valence-corrected chi connectivity index (χ0v) is 8.67. The third kappa shape index (κ3) is 4.23. The number of amides is 1. The highest BCUT2D eigenvalue weighted by Crippen LogP contribution is 2.21. The molecule has 1 N–H and O–H groups in total. The van der Waals surface area contributed by atoms with Crippen LogP contribution in [0.2, 0.25) is 0 Å². The Morgan fingerprint density at radius 2 is 2.40 bits per heavy atom. The minimum atomic E-state index is -0.778. The molecule has 0 aromatic heterocycles. The lowest BCUT2D eigenvalue weighted by atomic mass is 10.0. The summed E-state index contributed by atoms with van der Waals surface area (Å²) < 4.78 is 13.0. The predicted octanol–water partition coefficient (Wildman–Crippen LogP) is 1.53. The molecule has 0 spiro atoms. The Morgan fingerprint density at radius 3 is 3.13 bits per heavy atom. The van der Waals surface area contributed by atoms with Gasteiger partial charge in [0.2, 0.25) is 6.41 Å². The van der Waals surface area contributed by atoms with Gasteiger partial charge in [-0.1, -0.05) is 6.08 Å². The molecule has 1 atom stereocenters. The highest BCUT2D eigenvalue weighted by Gasteiger charge is 2.15. The summed E-state index contributed by atoms with van der Waals surface area (Å²) in [5.74, 6) is 0.0263. The highest BCUT2D eigenvalue weighted by atomic mass is 19.1. The summed E-state index contributed by atoms with van der Waals surface area (Å²) in [7, 11) is 0. The Bertz CT molecular complexity index is 263. The van der Waals surface area contributed by atoms with Crippen LogP contribution >= 0.6 is 0 Å². The van der Waals surface area contributed by atoms with Gasteiger partial charge in [-0.3, -0.25) is 9.59 Å². The first-order valence-corrected chi connectivity index (χ1v) is 5.27. The molecular formula is C11H16FNO2. The van der Waals surface area contributed by atoms with Crippen molar-refractivity contribution in [3.8, 4) is 0 Å². The highest BCUT2D eigenvalue weighted by molar-refractivity contribution is 5.95. The molecule has 0 aromatic carbocycles. The summed E-state index contributed by atoms with van der Waals surface area (Å²) in [5, 5.41) is 2.44. The average Bonchev–Trinajstić information content (AvgIpc) is 2.43. The number of carbonyl (C=O) groups excluding carboxylic acids is 2. The monoisotopic (exact) mass is 213 g/mol. The van der Waals surface area contributed by atoms with Gasteiger partial charge >= 0.3 is 0 Å². The summed E-state index contributed by atoms with van der Waals surface area (Å²) in [6.45, 7) is 0.360. The van der Waals surface area contributed by atoms with Gasteiger partial charge in [-0.25, -0.2) is 4.39 Å². The molecule has 15 heavy (non-hydrogen) atoms. The molecule has 0 fully saturated rings. The Balaban J connectivity index is 2.37. The van der Waals surface area contributed by atoms with Crippen LogP contribution in [0, 0.1) is 0 Å².